The number of H-pyrrole nitrogens is 1. The van der Waals surface area contributed by atoms with Gasteiger partial charge in [0.25, 0.3) is 0 Å². The van der Waals surface area contributed by atoms with Crippen molar-refractivity contribution in [1.29, 1.82) is 0 Å². The summed E-state index contributed by atoms with van der Waals surface area (Å²) < 4.78 is 2.57. The number of hydrogen-bond donors (Lipinski definition) is 3. The van der Waals surface area contributed by atoms with Gasteiger partial charge in [-0.15, -0.1) is 0 Å². The van der Waals surface area contributed by atoms with Crippen LogP contribution in [0.3, 0.4) is 0 Å². The van der Waals surface area contributed by atoms with Crippen LogP contribution in [0.5, 0.6) is 0 Å². The highest BCUT2D eigenvalue weighted by Crippen LogP contribution is 2.29. The first-order chi connectivity index (χ1) is 10.7. The highest BCUT2D eigenvalue weighted by atomic mass is 32.2. The van der Waals surface area contributed by atoms with E-state index in [1.54, 1.807) is 6.20 Å². The molecule has 1 aromatic heterocycles. The van der Waals surface area contributed by atoms with Crippen LogP contribution in [-0.4, -0.2) is 16.2 Å². The number of nitrogens with zero attached hydrogens (tertiary/aromatic N) is 1. The van der Waals surface area contributed by atoms with Crippen LogP contribution < -0.4 is 10.5 Å². The predicted molar refractivity (Wildman–Crippen MR) is 90.7 cm³/mol. The van der Waals surface area contributed by atoms with E-state index >= 15 is 0 Å². The molecular weight excluding hydrogens is 296 g/mol. The molecule has 5 nitrogen and oxygen atoms in total. The first kappa shape index (κ1) is 14.2. The standard InChI is InChI=1S/C16H14N4OS/c17-16(21)20-22-15(8-11-4-2-1-3-5-11)12-6-7-14-13(9-12)10-18-19-14/h1-10H,(H,18,19)(H3,17,20,21). The Hall–Kier alpha value is -2.73. The predicted octanol–water partition coefficient (Wildman–Crippen LogP) is 3.38. The van der Waals surface area contributed by atoms with Gasteiger partial charge in [-0.3, -0.25) is 9.82 Å². The van der Waals surface area contributed by atoms with Crippen LogP contribution >= 0.6 is 11.9 Å². The molecule has 0 atom stereocenters. The number of aromatic amines is 1. The third-order valence-corrected chi connectivity index (χ3v) is 3.96. The van der Waals surface area contributed by atoms with Gasteiger partial charge in [0.05, 0.1) is 11.7 Å². The van der Waals surface area contributed by atoms with Crippen molar-refractivity contribution in [2.75, 3.05) is 0 Å². The second kappa shape index (κ2) is 6.36. The number of benzene rings is 2. The zero-order valence-corrected chi connectivity index (χ0v) is 12.4. The van der Waals surface area contributed by atoms with Crippen LogP contribution in [-0.2, 0) is 0 Å². The number of rotatable bonds is 4. The van der Waals surface area contributed by atoms with Gasteiger partial charge in [0.2, 0.25) is 0 Å². The normalized spacial score (nSPS) is 11.5. The lowest BCUT2D eigenvalue weighted by molar-refractivity contribution is 0.254. The summed E-state index contributed by atoms with van der Waals surface area (Å²) in [7, 11) is 0. The number of urea groups is 1. The van der Waals surface area contributed by atoms with Gasteiger partial charge in [-0.05, 0) is 41.3 Å². The van der Waals surface area contributed by atoms with Crippen molar-refractivity contribution in [3.63, 3.8) is 0 Å². The molecule has 6 heteroatoms. The van der Waals surface area contributed by atoms with Crippen molar-refractivity contribution in [2.24, 2.45) is 5.73 Å². The first-order valence-corrected chi connectivity index (χ1v) is 7.46. The number of nitrogens with one attached hydrogen (secondary N) is 2. The van der Waals surface area contributed by atoms with Crippen molar-refractivity contribution >= 4 is 39.9 Å². The highest BCUT2D eigenvalue weighted by molar-refractivity contribution is 8.07. The molecule has 0 fully saturated rings. The Bertz CT molecular complexity index is 826. The highest BCUT2D eigenvalue weighted by Gasteiger charge is 2.07. The molecule has 2 amide bonds. The number of aromatic nitrogens is 2. The van der Waals surface area contributed by atoms with Gasteiger partial charge in [0, 0.05) is 10.3 Å². The molecule has 0 aliphatic heterocycles. The summed E-state index contributed by atoms with van der Waals surface area (Å²) >= 11 is 1.19. The number of carbonyl (C=O) groups excluding carboxylic acids is 1. The van der Waals surface area contributed by atoms with Crippen LogP contribution in [0, 0.1) is 0 Å². The fourth-order valence-corrected chi connectivity index (χ4v) is 2.72. The van der Waals surface area contributed by atoms with E-state index in [2.05, 4.69) is 14.9 Å². The SMILES string of the molecule is NC(=O)NSC(=Cc1ccccc1)c1ccc2[nH]ncc2c1. The Morgan fingerprint density at radius 3 is 2.82 bits per heavy atom. The molecule has 2 aromatic carbocycles. The lowest BCUT2D eigenvalue weighted by atomic mass is 10.1. The number of carbonyl (C=O) groups is 1. The fraction of sp³-hybridized carbons (Fsp3) is 0. The zero-order chi connectivity index (χ0) is 15.4. The quantitative estimate of drug-likeness (QED) is 0.510. The Labute approximate surface area is 131 Å². The van der Waals surface area contributed by atoms with Gasteiger partial charge in [-0.2, -0.15) is 5.10 Å². The average molecular weight is 310 g/mol. The Balaban J connectivity index is 1.99. The average Bonchev–Trinajstić information content (AvgIpc) is 2.99. The number of hydrogen-bond acceptors (Lipinski definition) is 3. The minimum absolute atomic E-state index is 0.576. The Morgan fingerprint density at radius 2 is 2.05 bits per heavy atom. The van der Waals surface area contributed by atoms with E-state index in [1.807, 2.05) is 54.6 Å². The van der Waals surface area contributed by atoms with Crippen molar-refractivity contribution in [3.8, 4) is 0 Å². The molecule has 110 valence electrons. The molecule has 0 unspecified atom stereocenters. The number of fused-ring (bicyclic) bond motifs is 1. The van der Waals surface area contributed by atoms with Crippen LogP contribution in [0.4, 0.5) is 4.79 Å². The van der Waals surface area contributed by atoms with Gasteiger partial charge < -0.3 is 5.73 Å². The maximum Gasteiger partial charge on any atom is 0.322 e. The van der Waals surface area contributed by atoms with Crippen LogP contribution in [0.15, 0.2) is 54.7 Å². The number of primary amides is 1. The van der Waals surface area contributed by atoms with Crippen LogP contribution in [0.25, 0.3) is 21.9 Å². The van der Waals surface area contributed by atoms with E-state index < -0.39 is 6.03 Å². The summed E-state index contributed by atoms with van der Waals surface area (Å²) in [5.74, 6) is 0. The molecule has 4 N–H and O–H groups in total. The van der Waals surface area contributed by atoms with Crippen LogP contribution in [0.1, 0.15) is 11.1 Å². The van der Waals surface area contributed by atoms with E-state index in [0.717, 1.165) is 26.9 Å². The van der Waals surface area contributed by atoms with E-state index in [4.69, 9.17) is 5.73 Å². The molecule has 0 aliphatic rings. The number of amides is 2. The summed E-state index contributed by atoms with van der Waals surface area (Å²) in [6.45, 7) is 0. The lowest BCUT2D eigenvalue weighted by Gasteiger charge is -2.08. The van der Waals surface area contributed by atoms with Gasteiger partial charge in [0.1, 0.15) is 0 Å². The van der Waals surface area contributed by atoms with Gasteiger partial charge in [0.15, 0.2) is 0 Å². The molecule has 3 aromatic rings. The molecule has 0 saturated carbocycles. The van der Waals surface area contributed by atoms with E-state index in [-0.39, 0.29) is 0 Å². The minimum Gasteiger partial charge on any atom is -0.351 e. The molecule has 0 saturated heterocycles. The minimum atomic E-state index is -0.576. The second-order valence-corrected chi connectivity index (χ2v) is 5.51. The second-order valence-electron chi connectivity index (χ2n) is 4.66. The number of nitrogens with two attached hydrogens (primary N) is 1. The van der Waals surface area contributed by atoms with Gasteiger partial charge in [-0.25, -0.2) is 4.79 Å². The topological polar surface area (TPSA) is 83.8 Å². The Kier molecular flexibility index (Phi) is 4.11. The van der Waals surface area contributed by atoms with Crippen molar-refractivity contribution in [3.05, 3.63) is 65.9 Å². The smallest absolute Gasteiger partial charge is 0.322 e. The monoisotopic (exact) mass is 310 g/mol. The third-order valence-electron chi connectivity index (χ3n) is 3.08. The fourth-order valence-electron chi connectivity index (χ4n) is 2.07. The molecule has 0 bridgehead atoms. The molecule has 1 heterocycles. The maximum absolute atomic E-state index is 11.0. The molecule has 22 heavy (non-hydrogen) atoms. The summed E-state index contributed by atoms with van der Waals surface area (Å²) in [4.78, 5) is 11.9. The molecule has 3 rings (SSSR count). The van der Waals surface area contributed by atoms with Crippen molar-refractivity contribution in [2.45, 2.75) is 0 Å². The Morgan fingerprint density at radius 1 is 1.23 bits per heavy atom. The van der Waals surface area contributed by atoms with E-state index in [1.165, 1.54) is 11.9 Å². The summed E-state index contributed by atoms with van der Waals surface area (Å²) in [5, 5.41) is 7.95. The lowest BCUT2D eigenvalue weighted by Crippen LogP contribution is -2.22. The van der Waals surface area contributed by atoms with Gasteiger partial charge in [-0.1, -0.05) is 36.4 Å². The first-order valence-electron chi connectivity index (χ1n) is 6.65. The van der Waals surface area contributed by atoms with Crippen molar-refractivity contribution in [1.82, 2.24) is 14.9 Å². The van der Waals surface area contributed by atoms with E-state index in [9.17, 15) is 4.79 Å². The van der Waals surface area contributed by atoms with Gasteiger partial charge >= 0.3 is 6.03 Å². The maximum atomic E-state index is 11.0. The summed E-state index contributed by atoms with van der Waals surface area (Å²) in [5.41, 5.74) is 8.17. The largest absolute Gasteiger partial charge is 0.351 e. The van der Waals surface area contributed by atoms with Crippen molar-refractivity contribution < 1.29 is 4.79 Å². The summed E-state index contributed by atoms with van der Waals surface area (Å²) in [6, 6.07) is 15.3. The molecule has 0 aliphatic carbocycles. The molecular formula is C16H14N4OS. The van der Waals surface area contributed by atoms with Crippen LogP contribution in [0.2, 0.25) is 0 Å². The molecule has 0 radical (unpaired) electrons. The third kappa shape index (κ3) is 3.29. The molecule has 0 spiro atoms. The zero-order valence-electron chi connectivity index (χ0n) is 11.6. The van der Waals surface area contributed by atoms with E-state index in [0.29, 0.717) is 0 Å². The summed E-state index contributed by atoms with van der Waals surface area (Å²) in [6.07, 6.45) is 3.77.